The van der Waals surface area contributed by atoms with E-state index in [0.717, 1.165) is 41.1 Å². The van der Waals surface area contributed by atoms with Crippen molar-refractivity contribution in [1.82, 2.24) is 15.6 Å². The van der Waals surface area contributed by atoms with Crippen LogP contribution in [0.2, 0.25) is 0 Å². The van der Waals surface area contributed by atoms with Crippen LogP contribution in [0, 0.1) is 6.92 Å². The second kappa shape index (κ2) is 7.77. The first-order valence-corrected chi connectivity index (χ1v) is 8.26. The number of nitrogens with zero attached hydrogens (tertiary/aromatic N) is 1. The zero-order valence-corrected chi connectivity index (χ0v) is 14.5. The standard InChI is InChI=1S/C16H19N3O2S.ClH/c1-10-15(22-9-19-10)11-4-5-12(14(20)7-11)8-18-16(21)13-3-2-6-17-13;/h4-5,7,9,13,17,20H,2-3,6,8H2,1H3,(H,18,21);1H. The van der Waals surface area contributed by atoms with Crippen molar-refractivity contribution in [2.45, 2.75) is 32.4 Å². The Morgan fingerprint density at radius 3 is 2.96 bits per heavy atom. The predicted octanol–water partition coefficient (Wildman–Crippen LogP) is 2.61. The molecule has 2 heterocycles. The van der Waals surface area contributed by atoms with E-state index in [4.69, 9.17) is 0 Å². The number of nitrogens with one attached hydrogen (secondary N) is 2. The van der Waals surface area contributed by atoms with Gasteiger partial charge in [0.05, 0.1) is 22.1 Å². The number of phenols is 1. The molecule has 1 aliphatic rings. The fourth-order valence-corrected chi connectivity index (χ4v) is 3.45. The van der Waals surface area contributed by atoms with Crippen molar-refractivity contribution in [2.24, 2.45) is 0 Å². The maximum absolute atomic E-state index is 12.0. The average molecular weight is 354 g/mol. The van der Waals surface area contributed by atoms with E-state index in [1.807, 2.05) is 19.1 Å². The SMILES string of the molecule is Cc1ncsc1-c1ccc(CNC(=O)C2CCCN2)c(O)c1.Cl. The minimum Gasteiger partial charge on any atom is -0.508 e. The maximum atomic E-state index is 12.0. The van der Waals surface area contributed by atoms with Crippen molar-refractivity contribution in [1.29, 1.82) is 0 Å². The van der Waals surface area contributed by atoms with Gasteiger partial charge in [0, 0.05) is 12.1 Å². The van der Waals surface area contributed by atoms with E-state index in [2.05, 4.69) is 15.6 Å². The number of aromatic nitrogens is 1. The van der Waals surface area contributed by atoms with Crippen LogP contribution in [0.15, 0.2) is 23.7 Å². The summed E-state index contributed by atoms with van der Waals surface area (Å²) in [5, 5.41) is 16.2. The van der Waals surface area contributed by atoms with Crippen molar-refractivity contribution in [3.63, 3.8) is 0 Å². The molecule has 0 bridgehead atoms. The van der Waals surface area contributed by atoms with Gasteiger partial charge in [0.25, 0.3) is 0 Å². The van der Waals surface area contributed by atoms with Gasteiger partial charge in [-0.2, -0.15) is 0 Å². The van der Waals surface area contributed by atoms with E-state index in [9.17, 15) is 9.90 Å². The summed E-state index contributed by atoms with van der Waals surface area (Å²) in [4.78, 5) is 17.2. The summed E-state index contributed by atoms with van der Waals surface area (Å²) in [6, 6.07) is 5.44. The number of aromatic hydroxyl groups is 1. The number of halogens is 1. The van der Waals surface area contributed by atoms with Crippen LogP contribution in [0.5, 0.6) is 5.75 Å². The van der Waals surface area contributed by atoms with E-state index in [0.29, 0.717) is 6.54 Å². The monoisotopic (exact) mass is 353 g/mol. The lowest BCUT2D eigenvalue weighted by atomic mass is 10.1. The van der Waals surface area contributed by atoms with Crippen LogP contribution in [0.25, 0.3) is 10.4 Å². The number of hydrogen-bond donors (Lipinski definition) is 3. The third kappa shape index (κ3) is 4.02. The van der Waals surface area contributed by atoms with Crippen molar-refractivity contribution < 1.29 is 9.90 Å². The predicted molar refractivity (Wildman–Crippen MR) is 94.1 cm³/mol. The summed E-state index contributed by atoms with van der Waals surface area (Å²) in [6.07, 6.45) is 1.91. The highest BCUT2D eigenvalue weighted by Gasteiger charge is 2.21. The molecule has 1 saturated heterocycles. The highest BCUT2D eigenvalue weighted by atomic mass is 35.5. The number of hydrogen-bond acceptors (Lipinski definition) is 5. The molecule has 1 amide bonds. The summed E-state index contributed by atoms with van der Waals surface area (Å²) in [5.74, 6) is 0.198. The molecule has 1 atom stereocenters. The van der Waals surface area contributed by atoms with Gasteiger partial charge in [0.1, 0.15) is 5.75 Å². The Labute approximate surface area is 145 Å². The lowest BCUT2D eigenvalue weighted by Crippen LogP contribution is -2.39. The fraction of sp³-hybridized carbons (Fsp3) is 0.375. The number of benzene rings is 1. The smallest absolute Gasteiger partial charge is 0.237 e. The van der Waals surface area contributed by atoms with Gasteiger partial charge in [0.15, 0.2) is 0 Å². The van der Waals surface area contributed by atoms with E-state index in [-0.39, 0.29) is 30.1 Å². The summed E-state index contributed by atoms with van der Waals surface area (Å²) in [7, 11) is 0. The third-order valence-electron chi connectivity index (χ3n) is 3.92. The van der Waals surface area contributed by atoms with E-state index < -0.39 is 0 Å². The Balaban J connectivity index is 0.00000192. The molecule has 7 heteroatoms. The van der Waals surface area contributed by atoms with Crippen molar-refractivity contribution >= 4 is 29.7 Å². The zero-order valence-electron chi connectivity index (χ0n) is 12.8. The van der Waals surface area contributed by atoms with E-state index >= 15 is 0 Å². The minimum absolute atomic E-state index is 0. The average Bonchev–Trinajstić information content (AvgIpc) is 3.17. The molecule has 3 N–H and O–H groups in total. The Hall–Kier alpha value is -1.63. The molecule has 0 aliphatic carbocycles. The van der Waals surface area contributed by atoms with Crippen LogP contribution in [0.1, 0.15) is 24.1 Å². The lowest BCUT2D eigenvalue weighted by Gasteiger charge is -2.12. The minimum atomic E-state index is -0.0961. The summed E-state index contributed by atoms with van der Waals surface area (Å²) < 4.78 is 0. The second-order valence-electron chi connectivity index (χ2n) is 5.48. The Kier molecular flexibility index (Phi) is 5.98. The normalized spacial score (nSPS) is 16.8. The lowest BCUT2D eigenvalue weighted by molar-refractivity contribution is -0.122. The highest BCUT2D eigenvalue weighted by molar-refractivity contribution is 7.13. The summed E-state index contributed by atoms with van der Waals surface area (Å²) in [6.45, 7) is 3.18. The molecular formula is C16H20ClN3O2S. The Bertz CT molecular complexity index is 684. The molecule has 0 spiro atoms. The number of amides is 1. The quantitative estimate of drug-likeness (QED) is 0.790. The van der Waals surface area contributed by atoms with Crippen molar-refractivity contribution in [2.75, 3.05) is 6.54 Å². The van der Waals surface area contributed by atoms with Crippen LogP contribution in [0.4, 0.5) is 0 Å². The van der Waals surface area contributed by atoms with Crippen LogP contribution < -0.4 is 10.6 Å². The molecule has 1 fully saturated rings. The number of thiazole rings is 1. The number of phenolic OH excluding ortho intramolecular Hbond substituents is 1. The van der Waals surface area contributed by atoms with Crippen molar-refractivity contribution in [3.05, 3.63) is 35.0 Å². The van der Waals surface area contributed by atoms with Crippen LogP contribution >= 0.6 is 23.7 Å². The first-order valence-electron chi connectivity index (χ1n) is 7.38. The van der Waals surface area contributed by atoms with Gasteiger partial charge in [-0.15, -0.1) is 23.7 Å². The Morgan fingerprint density at radius 1 is 1.52 bits per heavy atom. The molecule has 1 aromatic heterocycles. The molecule has 124 valence electrons. The van der Waals surface area contributed by atoms with Gasteiger partial charge in [-0.25, -0.2) is 4.98 Å². The topological polar surface area (TPSA) is 74.2 Å². The third-order valence-corrected chi connectivity index (χ3v) is 4.90. The summed E-state index contributed by atoms with van der Waals surface area (Å²) >= 11 is 1.55. The van der Waals surface area contributed by atoms with Gasteiger partial charge in [0.2, 0.25) is 5.91 Å². The molecule has 0 saturated carbocycles. The summed E-state index contributed by atoms with van der Waals surface area (Å²) in [5.41, 5.74) is 4.42. The fourth-order valence-electron chi connectivity index (χ4n) is 2.65. The number of rotatable bonds is 4. The van der Waals surface area contributed by atoms with Gasteiger partial charge in [-0.05, 0) is 37.9 Å². The molecule has 3 rings (SSSR count). The molecular weight excluding hydrogens is 334 g/mol. The maximum Gasteiger partial charge on any atom is 0.237 e. The molecule has 1 aromatic carbocycles. The van der Waals surface area contributed by atoms with Crippen LogP contribution in [-0.2, 0) is 11.3 Å². The van der Waals surface area contributed by atoms with Crippen LogP contribution in [0.3, 0.4) is 0 Å². The largest absolute Gasteiger partial charge is 0.508 e. The van der Waals surface area contributed by atoms with Crippen molar-refractivity contribution in [3.8, 4) is 16.2 Å². The van der Waals surface area contributed by atoms with Gasteiger partial charge >= 0.3 is 0 Å². The molecule has 0 radical (unpaired) electrons. The van der Waals surface area contributed by atoms with Crippen LogP contribution in [-0.4, -0.2) is 28.6 Å². The zero-order chi connectivity index (χ0) is 15.5. The Morgan fingerprint density at radius 2 is 2.35 bits per heavy atom. The second-order valence-corrected chi connectivity index (χ2v) is 6.33. The van der Waals surface area contributed by atoms with E-state index in [1.165, 1.54) is 0 Å². The molecule has 1 unspecified atom stereocenters. The number of carbonyl (C=O) groups is 1. The number of carbonyl (C=O) groups excluding carboxylic acids is 1. The molecule has 23 heavy (non-hydrogen) atoms. The molecule has 2 aromatic rings. The first-order chi connectivity index (χ1) is 10.6. The van der Waals surface area contributed by atoms with Gasteiger partial charge in [-0.1, -0.05) is 12.1 Å². The molecule has 5 nitrogen and oxygen atoms in total. The molecule has 1 aliphatic heterocycles. The highest BCUT2D eigenvalue weighted by Crippen LogP contribution is 2.31. The van der Waals surface area contributed by atoms with E-state index in [1.54, 1.807) is 22.9 Å². The van der Waals surface area contributed by atoms with Gasteiger partial charge in [-0.3, -0.25) is 4.79 Å². The van der Waals surface area contributed by atoms with Gasteiger partial charge < -0.3 is 15.7 Å². The first kappa shape index (κ1) is 17.7. The number of aryl methyl sites for hydroxylation is 1.